The first kappa shape index (κ1) is 18.9. The largest absolute Gasteiger partial charge is 0.472 e. The lowest BCUT2D eigenvalue weighted by molar-refractivity contribution is -0.155. The molecular formula is C16H23N4O6P. The van der Waals surface area contributed by atoms with Crippen LogP contribution in [0.5, 0.6) is 0 Å². The fourth-order valence-corrected chi connectivity index (χ4v) is 4.71. The van der Waals surface area contributed by atoms with Crippen molar-refractivity contribution in [3.8, 4) is 0 Å². The van der Waals surface area contributed by atoms with Gasteiger partial charge in [-0.25, -0.2) is 14.5 Å². The lowest BCUT2D eigenvalue weighted by atomic mass is 9.91. The lowest BCUT2D eigenvalue weighted by Crippen LogP contribution is -2.42. The maximum absolute atomic E-state index is 12.0. The molecule has 0 spiro atoms. The molecule has 0 aromatic carbocycles. The molecule has 4 heterocycles. The van der Waals surface area contributed by atoms with Crippen LogP contribution in [0, 0.1) is 5.92 Å². The van der Waals surface area contributed by atoms with Crippen LogP contribution < -0.4 is 5.73 Å². The minimum atomic E-state index is -4.17. The molecule has 1 aromatic rings. The summed E-state index contributed by atoms with van der Waals surface area (Å²) >= 11 is 0. The third kappa shape index (κ3) is 3.20. The third-order valence-electron chi connectivity index (χ3n) is 5.57. The van der Waals surface area contributed by atoms with Gasteiger partial charge < -0.3 is 20.1 Å². The quantitative estimate of drug-likeness (QED) is 0.705. The highest BCUT2D eigenvalue weighted by molar-refractivity contribution is 7.47. The van der Waals surface area contributed by atoms with E-state index in [9.17, 15) is 9.46 Å². The van der Waals surface area contributed by atoms with Crippen molar-refractivity contribution < 1.29 is 28.0 Å². The van der Waals surface area contributed by atoms with E-state index in [0.29, 0.717) is 31.0 Å². The molecule has 3 aliphatic rings. The van der Waals surface area contributed by atoms with Gasteiger partial charge in [0.2, 0.25) is 0 Å². The minimum Gasteiger partial charge on any atom is -0.382 e. The van der Waals surface area contributed by atoms with Crippen LogP contribution in [0.25, 0.3) is 0 Å². The molecule has 2 fully saturated rings. The van der Waals surface area contributed by atoms with E-state index in [1.165, 1.54) is 6.33 Å². The molecule has 0 amide bonds. The Bertz CT molecular complexity index is 807. The second-order valence-corrected chi connectivity index (χ2v) is 8.50. The molecule has 0 radical (unpaired) electrons. The summed E-state index contributed by atoms with van der Waals surface area (Å²) in [6.45, 7) is 2.24. The Balaban J connectivity index is 1.58. The van der Waals surface area contributed by atoms with E-state index in [1.54, 1.807) is 6.21 Å². The number of fused-ring (bicyclic) bond motifs is 3. The van der Waals surface area contributed by atoms with Crippen molar-refractivity contribution in [1.82, 2.24) is 9.97 Å². The van der Waals surface area contributed by atoms with Crippen LogP contribution in [0.3, 0.4) is 0 Å². The molecule has 2 bridgehead atoms. The van der Waals surface area contributed by atoms with Gasteiger partial charge in [-0.2, -0.15) is 0 Å². The van der Waals surface area contributed by atoms with Gasteiger partial charge in [-0.15, -0.1) is 0 Å². The predicted molar refractivity (Wildman–Crippen MR) is 95.7 cm³/mol. The number of rotatable bonds is 5. The van der Waals surface area contributed by atoms with Crippen molar-refractivity contribution in [1.29, 1.82) is 0 Å². The molecule has 10 nitrogen and oxygen atoms in total. The maximum Gasteiger partial charge on any atom is 0.472 e. The summed E-state index contributed by atoms with van der Waals surface area (Å²) in [5.74, 6) is 0.263. The molecule has 148 valence electrons. The minimum absolute atomic E-state index is 0.0796. The van der Waals surface area contributed by atoms with Gasteiger partial charge in [0.15, 0.2) is 5.82 Å². The van der Waals surface area contributed by atoms with Crippen molar-refractivity contribution in [3.05, 3.63) is 12.0 Å². The number of hydrogen-bond donors (Lipinski definition) is 2. The first-order chi connectivity index (χ1) is 12.9. The van der Waals surface area contributed by atoms with E-state index >= 15 is 0 Å². The van der Waals surface area contributed by atoms with E-state index in [1.807, 2.05) is 6.92 Å². The second-order valence-electron chi connectivity index (χ2n) is 6.99. The van der Waals surface area contributed by atoms with E-state index in [2.05, 4.69) is 19.5 Å². The fraction of sp³-hybridized carbons (Fsp3) is 0.688. The number of nitrogens with two attached hydrogens (primary N) is 1. The van der Waals surface area contributed by atoms with Crippen LogP contribution in [-0.4, -0.2) is 58.7 Å². The Labute approximate surface area is 156 Å². The highest BCUT2D eigenvalue weighted by atomic mass is 31.2. The van der Waals surface area contributed by atoms with Gasteiger partial charge in [0.05, 0.1) is 18.4 Å². The number of aliphatic imine (C=N–C) groups is 1. The van der Waals surface area contributed by atoms with Crippen molar-refractivity contribution in [2.75, 3.05) is 19.5 Å². The van der Waals surface area contributed by atoms with Gasteiger partial charge in [0.1, 0.15) is 29.8 Å². The van der Waals surface area contributed by atoms with E-state index in [0.717, 1.165) is 19.2 Å². The van der Waals surface area contributed by atoms with Crippen LogP contribution in [0.15, 0.2) is 11.3 Å². The van der Waals surface area contributed by atoms with Crippen molar-refractivity contribution in [2.45, 2.75) is 50.1 Å². The fourth-order valence-electron chi connectivity index (χ4n) is 4.02. The number of nitrogens with zero attached hydrogens (tertiary/aromatic N) is 3. The molecule has 0 aliphatic carbocycles. The second kappa shape index (κ2) is 6.88. The summed E-state index contributed by atoms with van der Waals surface area (Å²) in [7, 11) is -3.04. The molecule has 3 N–H and O–H groups in total. The number of aryl methyl sites for hydroxylation is 1. The average Bonchev–Trinajstić information content (AvgIpc) is 3.03. The standard InChI is InChI=1S/C16H23N4O6P/c1-3-16-7-24-13(14(16)26-27(21,22)23-2)12(25-16)9-4-5-10-11(18-6-9)15(17)20-8-19-10/h6,8-9,12-14H,3-5,7H2,1-2H3,(H,21,22)(H2,17,19,20)/t9?,12-,13+,14+,16?/m0/s1. The molecule has 11 heteroatoms. The normalized spacial score (nSPS) is 37.0. The third-order valence-corrected chi connectivity index (χ3v) is 6.52. The molecule has 1 aromatic heterocycles. The number of anilines is 1. The molecule has 6 atom stereocenters. The van der Waals surface area contributed by atoms with Crippen molar-refractivity contribution in [2.24, 2.45) is 10.9 Å². The van der Waals surface area contributed by atoms with Crippen molar-refractivity contribution in [3.63, 3.8) is 0 Å². The Morgan fingerprint density at radius 1 is 1.44 bits per heavy atom. The van der Waals surface area contributed by atoms with Crippen LogP contribution in [0.1, 0.15) is 25.5 Å². The summed E-state index contributed by atoms with van der Waals surface area (Å²) < 4.78 is 34.2. The average molecular weight is 398 g/mol. The number of ether oxygens (including phenoxy) is 2. The first-order valence-electron chi connectivity index (χ1n) is 8.89. The Kier molecular flexibility index (Phi) is 4.82. The van der Waals surface area contributed by atoms with E-state index < -0.39 is 25.6 Å². The zero-order valence-corrected chi connectivity index (χ0v) is 16.0. The first-order valence-corrected chi connectivity index (χ1v) is 10.4. The summed E-state index contributed by atoms with van der Waals surface area (Å²) in [5.41, 5.74) is 6.50. The van der Waals surface area contributed by atoms with Gasteiger partial charge in [-0.05, 0) is 19.3 Å². The molecule has 2 saturated heterocycles. The van der Waals surface area contributed by atoms with Crippen LogP contribution in [-0.2, 0) is 29.5 Å². The summed E-state index contributed by atoms with van der Waals surface area (Å²) in [4.78, 5) is 22.5. The lowest BCUT2D eigenvalue weighted by Gasteiger charge is -2.32. The van der Waals surface area contributed by atoms with Crippen molar-refractivity contribution >= 4 is 25.5 Å². The van der Waals surface area contributed by atoms with Gasteiger partial charge in [-0.1, -0.05) is 6.92 Å². The molecule has 0 saturated carbocycles. The summed E-state index contributed by atoms with van der Waals surface area (Å²) in [6.07, 6.45) is 3.67. The number of hydrogen-bond acceptors (Lipinski definition) is 9. The number of phosphoric acid groups is 1. The van der Waals surface area contributed by atoms with Gasteiger partial charge in [0, 0.05) is 19.2 Å². The number of aromatic nitrogens is 2. The summed E-state index contributed by atoms with van der Waals surface area (Å²) in [6, 6.07) is 0. The van der Waals surface area contributed by atoms with E-state index in [4.69, 9.17) is 19.7 Å². The number of phosphoric ester groups is 1. The summed E-state index contributed by atoms with van der Waals surface area (Å²) in [5, 5.41) is 0. The monoisotopic (exact) mass is 398 g/mol. The van der Waals surface area contributed by atoms with Gasteiger partial charge >= 0.3 is 7.82 Å². The van der Waals surface area contributed by atoms with Crippen LogP contribution >= 0.6 is 7.82 Å². The van der Waals surface area contributed by atoms with E-state index in [-0.39, 0.29) is 12.0 Å². The smallest absolute Gasteiger partial charge is 0.382 e. The highest BCUT2D eigenvalue weighted by Crippen LogP contribution is 2.54. The zero-order chi connectivity index (χ0) is 19.2. The Morgan fingerprint density at radius 2 is 2.26 bits per heavy atom. The molecule has 27 heavy (non-hydrogen) atoms. The SMILES string of the molecule is CCC12CO[C@@H]([C@H]1OP(=O)(O)OC)[C@H](C1C=Nc3c(N)ncnc3CC1)O2. The Morgan fingerprint density at radius 3 is 3.00 bits per heavy atom. The highest BCUT2D eigenvalue weighted by Gasteiger charge is 2.64. The number of nitrogen functional groups attached to an aromatic ring is 1. The van der Waals surface area contributed by atoms with Gasteiger partial charge in [0.25, 0.3) is 0 Å². The molecule has 4 rings (SSSR count). The molecule has 3 unspecified atom stereocenters. The topological polar surface area (TPSA) is 138 Å². The predicted octanol–water partition coefficient (Wildman–Crippen LogP) is 1.40. The molecule has 3 aliphatic heterocycles. The Hall–Kier alpha value is -1.42. The molecular weight excluding hydrogens is 375 g/mol. The van der Waals surface area contributed by atoms with Gasteiger partial charge in [-0.3, -0.25) is 14.0 Å². The van der Waals surface area contributed by atoms with Crippen LogP contribution in [0.4, 0.5) is 11.5 Å². The van der Waals surface area contributed by atoms with Crippen LogP contribution in [0.2, 0.25) is 0 Å². The maximum atomic E-state index is 12.0. The zero-order valence-electron chi connectivity index (χ0n) is 15.1.